The Kier molecular flexibility index (Phi) is 3.46. The van der Waals surface area contributed by atoms with Crippen LogP contribution in [-0.4, -0.2) is 29.2 Å². The Labute approximate surface area is 71.0 Å². The Morgan fingerprint density at radius 3 is 2.15 bits per heavy atom. The zero-order valence-corrected chi connectivity index (χ0v) is 6.26. The van der Waals surface area contributed by atoms with E-state index in [0.717, 1.165) is 0 Å². The van der Waals surface area contributed by atoms with Crippen molar-refractivity contribution in [3.8, 4) is 0 Å². The maximum absolute atomic E-state index is 11.6. The number of amides is 1. The summed E-state index contributed by atoms with van der Waals surface area (Å²) >= 11 is 0. The molecule has 0 saturated carbocycles. The molecule has 1 amide bonds. The highest BCUT2D eigenvalue weighted by molar-refractivity contribution is 5.87. The van der Waals surface area contributed by atoms with Gasteiger partial charge in [-0.1, -0.05) is 6.08 Å². The van der Waals surface area contributed by atoms with Gasteiger partial charge in [0.25, 0.3) is 0 Å². The van der Waals surface area contributed by atoms with Crippen molar-refractivity contribution in [1.82, 2.24) is 5.32 Å². The minimum Gasteiger partial charge on any atom is -0.479 e. The van der Waals surface area contributed by atoms with E-state index in [1.54, 1.807) is 0 Å². The average Bonchev–Trinajstić information content (AvgIpc) is 1.96. The van der Waals surface area contributed by atoms with Gasteiger partial charge >= 0.3 is 18.1 Å². The third kappa shape index (κ3) is 3.59. The summed E-state index contributed by atoms with van der Waals surface area (Å²) < 4.78 is 34.7. The molecule has 0 aromatic heterocycles. The van der Waals surface area contributed by atoms with Crippen molar-refractivity contribution in [3.05, 3.63) is 12.7 Å². The number of carbonyl (C=O) groups excluding carboxylic acids is 1. The van der Waals surface area contributed by atoms with Gasteiger partial charge in [-0.2, -0.15) is 13.2 Å². The van der Waals surface area contributed by atoms with Crippen LogP contribution in [0, 0.1) is 0 Å². The third-order valence-corrected chi connectivity index (χ3v) is 1.05. The molecule has 0 bridgehead atoms. The van der Waals surface area contributed by atoms with Crippen LogP contribution >= 0.6 is 0 Å². The van der Waals surface area contributed by atoms with Crippen LogP contribution in [0.5, 0.6) is 0 Å². The van der Waals surface area contributed by atoms with Gasteiger partial charge in [0.15, 0.2) is 0 Å². The van der Waals surface area contributed by atoms with E-state index in [1.807, 2.05) is 0 Å². The van der Waals surface area contributed by atoms with Crippen LogP contribution in [0.4, 0.5) is 13.2 Å². The molecule has 0 heterocycles. The second kappa shape index (κ2) is 3.92. The molecule has 0 saturated heterocycles. The first-order valence-corrected chi connectivity index (χ1v) is 3.02. The number of carbonyl (C=O) groups is 2. The molecule has 1 unspecified atom stereocenters. The fourth-order valence-corrected chi connectivity index (χ4v) is 0.445. The number of carboxylic acids is 1. The summed E-state index contributed by atoms with van der Waals surface area (Å²) in [5.41, 5.74) is 0. The molecule has 4 nitrogen and oxygen atoms in total. The van der Waals surface area contributed by atoms with E-state index >= 15 is 0 Å². The second-order valence-electron chi connectivity index (χ2n) is 2.02. The SMILES string of the molecule is C=CC(NC(=O)C(F)(F)F)C(=O)O. The number of aliphatic carboxylic acids is 1. The lowest BCUT2D eigenvalue weighted by atomic mass is 10.3. The van der Waals surface area contributed by atoms with E-state index in [4.69, 9.17) is 5.11 Å². The van der Waals surface area contributed by atoms with Gasteiger partial charge in [0.1, 0.15) is 6.04 Å². The normalized spacial score (nSPS) is 13.2. The van der Waals surface area contributed by atoms with E-state index in [9.17, 15) is 22.8 Å². The van der Waals surface area contributed by atoms with Gasteiger partial charge in [0, 0.05) is 0 Å². The first-order chi connectivity index (χ1) is 5.79. The maximum Gasteiger partial charge on any atom is 0.471 e. The van der Waals surface area contributed by atoms with Gasteiger partial charge in [-0.25, -0.2) is 4.79 Å². The quantitative estimate of drug-likeness (QED) is 0.639. The predicted octanol–water partition coefficient (Wildman–Crippen LogP) is 0.304. The van der Waals surface area contributed by atoms with Gasteiger partial charge in [-0.3, -0.25) is 4.79 Å². The molecular weight excluding hydrogens is 191 g/mol. The summed E-state index contributed by atoms with van der Waals surface area (Å²) in [5, 5.41) is 9.46. The molecular formula is C6H6F3NO3. The standard InChI is InChI=1S/C6H6F3NO3/c1-2-3(4(11)12)10-5(13)6(7,8)9/h2-3H,1H2,(H,10,13)(H,11,12). The minimum absolute atomic E-state index is 0.686. The summed E-state index contributed by atoms with van der Waals surface area (Å²) in [6.45, 7) is 2.95. The van der Waals surface area contributed by atoms with Gasteiger partial charge in [0.05, 0.1) is 0 Å². The molecule has 0 aliphatic carbocycles. The van der Waals surface area contributed by atoms with Gasteiger partial charge < -0.3 is 10.4 Å². The van der Waals surface area contributed by atoms with E-state index in [0.29, 0.717) is 6.08 Å². The van der Waals surface area contributed by atoms with E-state index in [2.05, 4.69) is 6.58 Å². The first-order valence-electron chi connectivity index (χ1n) is 3.02. The maximum atomic E-state index is 11.6. The van der Waals surface area contributed by atoms with Crippen molar-refractivity contribution < 1.29 is 27.9 Å². The van der Waals surface area contributed by atoms with Crippen molar-refractivity contribution in [2.75, 3.05) is 0 Å². The molecule has 0 rings (SSSR count). The molecule has 0 aromatic carbocycles. The summed E-state index contributed by atoms with van der Waals surface area (Å²) in [4.78, 5) is 20.3. The summed E-state index contributed by atoms with van der Waals surface area (Å²) in [5.74, 6) is -3.91. The topological polar surface area (TPSA) is 66.4 Å². The van der Waals surface area contributed by atoms with Crippen LogP contribution in [0.25, 0.3) is 0 Å². The molecule has 0 radical (unpaired) electrons. The highest BCUT2D eigenvalue weighted by Gasteiger charge is 2.40. The molecule has 0 aliphatic heterocycles. The summed E-state index contributed by atoms with van der Waals surface area (Å²) in [7, 11) is 0. The van der Waals surface area contributed by atoms with Crippen molar-refractivity contribution in [2.45, 2.75) is 12.2 Å². The Morgan fingerprint density at radius 1 is 1.46 bits per heavy atom. The average molecular weight is 197 g/mol. The summed E-state index contributed by atoms with van der Waals surface area (Å²) in [6.07, 6.45) is -4.40. The molecule has 74 valence electrons. The Morgan fingerprint density at radius 2 is 1.92 bits per heavy atom. The van der Waals surface area contributed by atoms with Crippen LogP contribution in [0.15, 0.2) is 12.7 Å². The predicted molar refractivity (Wildman–Crippen MR) is 35.8 cm³/mol. The third-order valence-electron chi connectivity index (χ3n) is 1.05. The van der Waals surface area contributed by atoms with Crippen molar-refractivity contribution >= 4 is 11.9 Å². The van der Waals surface area contributed by atoms with E-state index in [-0.39, 0.29) is 0 Å². The fourth-order valence-electron chi connectivity index (χ4n) is 0.445. The van der Waals surface area contributed by atoms with Crippen LogP contribution in [0.3, 0.4) is 0 Å². The van der Waals surface area contributed by atoms with Crippen LogP contribution in [0.2, 0.25) is 0 Å². The first kappa shape index (κ1) is 11.5. The number of halogens is 3. The van der Waals surface area contributed by atoms with Crippen LogP contribution < -0.4 is 5.32 Å². The lowest BCUT2D eigenvalue weighted by Gasteiger charge is -2.11. The van der Waals surface area contributed by atoms with Gasteiger partial charge in [0.2, 0.25) is 0 Å². The zero-order valence-electron chi connectivity index (χ0n) is 6.26. The number of rotatable bonds is 3. The smallest absolute Gasteiger partial charge is 0.471 e. The molecule has 0 aromatic rings. The molecule has 0 aliphatic rings. The van der Waals surface area contributed by atoms with Crippen LogP contribution in [-0.2, 0) is 9.59 Å². The highest BCUT2D eigenvalue weighted by Crippen LogP contribution is 2.14. The lowest BCUT2D eigenvalue weighted by Crippen LogP contribution is -2.45. The molecule has 13 heavy (non-hydrogen) atoms. The number of hydrogen-bond donors (Lipinski definition) is 2. The monoisotopic (exact) mass is 197 g/mol. The number of alkyl halides is 3. The van der Waals surface area contributed by atoms with Gasteiger partial charge in [-0.05, 0) is 0 Å². The Hall–Kier alpha value is -1.53. The largest absolute Gasteiger partial charge is 0.479 e. The summed E-state index contributed by atoms with van der Waals surface area (Å²) in [6, 6.07) is -1.73. The molecule has 2 N–H and O–H groups in total. The number of carboxylic acid groups (broad SMARTS) is 1. The van der Waals surface area contributed by atoms with Crippen LogP contribution in [0.1, 0.15) is 0 Å². The van der Waals surface area contributed by atoms with E-state index in [1.165, 1.54) is 5.32 Å². The lowest BCUT2D eigenvalue weighted by molar-refractivity contribution is -0.175. The molecule has 0 fully saturated rings. The molecule has 1 atom stereocenters. The number of nitrogens with one attached hydrogen (secondary N) is 1. The Balaban J connectivity index is 4.35. The fraction of sp³-hybridized carbons (Fsp3) is 0.333. The van der Waals surface area contributed by atoms with Crippen molar-refractivity contribution in [1.29, 1.82) is 0 Å². The van der Waals surface area contributed by atoms with E-state index < -0.39 is 24.1 Å². The minimum atomic E-state index is -5.09. The highest BCUT2D eigenvalue weighted by atomic mass is 19.4. The van der Waals surface area contributed by atoms with Gasteiger partial charge in [-0.15, -0.1) is 6.58 Å². The number of hydrogen-bond acceptors (Lipinski definition) is 2. The molecule has 0 spiro atoms. The second-order valence-corrected chi connectivity index (χ2v) is 2.02. The Bertz CT molecular complexity index is 236. The zero-order chi connectivity index (χ0) is 10.6. The van der Waals surface area contributed by atoms with Crippen molar-refractivity contribution in [3.63, 3.8) is 0 Å². The molecule has 7 heteroatoms. The van der Waals surface area contributed by atoms with Crippen molar-refractivity contribution in [2.24, 2.45) is 0 Å².